The molecule has 1 atom stereocenters. The molecule has 2 aromatic rings. The van der Waals surface area contributed by atoms with Crippen molar-refractivity contribution < 1.29 is 18.5 Å². The lowest BCUT2D eigenvalue weighted by atomic mass is 10.2. The van der Waals surface area contributed by atoms with Crippen molar-refractivity contribution in [3.63, 3.8) is 0 Å². The average Bonchev–Trinajstić information content (AvgIpc) is 2.44. The van der Waals surface area contributed by atoms with Gasteiger partial charge in [0.05, 0.1) is 31.6 Å². The third kappa shape index (κ3) is 3.70. The van der Waals surface area contributed by atoms with Crippen molar-refractivity contribution in [2.45, 2.75) is 10.6 Å². The van der Waals surface area contributed by atoms with E-state index in [2.05, 4.69) is 15.9 Å². The van der Waals surface area contributed by atoms with Crippen molar-refractivity contribution in [1.29, 1.82) is 0 Å². The molecule has 0 bridgehead atoms. The predicted octanol–water partition coefficient (Wildman–Crippen LogP) is 4.25. The Kier molecular flexibility index (Phi) is 5.13. The van der Waals surface area contributed by atoms with Crippen molar-refractivity contribution in [2.75, 3.05) is 0 Å². The number of carbonyl (C=O) groups is 1. The van der Waals surface area contributed by atoms with Gasteiger partial charge in [0.1, 0.15) is 5.82 Å². The maximum atomic E-state index is 13.4. The number of benzene rings is 2. The minimum Gasteiger partial charge on any atom is -0.478 e. The molecule has 0 fully saturated rings. The molecule has 7 heteroatoms. The highest BCUT2D eigenvalue weighted by Crippen LogP contribution is 2.25. The molecule has 0 aromatic heterocycles. The first kappa shape index (κ1) is 16.1. The molecule has 2 rings (SSSR count). The van der Waals surface area contributed by atoms with Gasteiger partial charge in [-0.15, -0.1) is 0 Å². The molecule has 0 spiro atoms. The van der Waals surface area contributed by atoms with Gasteiger partial charge in [-0.05, 0) is 45.8 Å². The fraction of sp³-hybridized carbons (Fsp3) is 0.0714. The van der Waals surface area contributed by atoms with E-state index < -0.39 is 22.6 Å². The molecule has 0 heterocycles. The van der Waals surface area contributed by atoms with E-state index in [1.807, 2.05) is 0 Å². The first-order valence-electron chi connectivity index (χ1n) is 5.74. The summed E-state index contributed by atoms with van der Waals surface area (Å²) in [5.41, 5.74) is 0.431. The van der Waals surface area contributed by atoms with Gasteiger partial charge in [0.2, 0.25) is 0 Å². The highest BCUT2D eigenvalue weighted by Gasteiger charge is 2.14. The van der Waals surface area contributed by atoms with Gasteiger partial charge in [0, 0.05) is 4.90 Å². The van der Waals surface area contributed by atoms with Crippen LogP contribution in [0.4, 0.5) is 4.39 Å². The second-order valence-electron chi connectivity index (χ2n) is 4.15. The van der Waals surface area contributed by atoms with Gasteiger partial charge in [0.15, 0.2) is 0 Å². The largest absolute Gasteiger partial charge is 0.478 e. The van der Waals surface area contributed by atoms with Crippen LogP contribution in [0.25, 0.3) is 0 Å². The Morgan fingerprint density at radius 2 is 2.05 bits per heavy atom. The van der Waals surface area contributed by atoms with E-state index in [-0.39, 0.29) is 20.8 Å². The molecule has 0 aliphatic rings. The summed E-state index contributed by atoms with van der Waals surface area (Å²) in [6.07, 6.45) is 0. The molecule has 0 saturated carbocycles. The lowest BCUT2D eigenvalue weighted by molar-refractivity contribution is 0.0697. The molecule has 0 aliphatic carbocycles. The maximum Gasteiger partial charge on any atom is 0.337 e. The molecule has 1 unspecified atom stereocenters. The van der Waals surface area contributed by atoms with Crippen molar-refractivity contribution in [3.05, 3.63) is 62.8 Å². The Bertz CT molecular complexity index is 736. The van der Waals surface area contributed by atoms with Crippen LogP contribution < -0.4 is 0 Å². The van der Waals surface area contributed by atoms with Gasteiger partial charge in [-0.1, -0.05) is 23.7 Å². The molecule has 110 valence electrons. The third-order valence-corrected chi connectivity index (χ3v) is 5.32. The van der Waals surface area contributed by atoms with Crippen LogP contribution in [0.15, 0.2) is 45.8 Å². The summed E-state index contributed by atoms with van der Waals surface area (Å²) in [4.78, 5) is 11.3. The average molecular weight is 392 g/mol. The number of rotatable bonds is 4. The number of halogens is 3. The van der Waals surface area contributed by atoms with E-state index in [0.717, 1.165) is 0 Å². The summed E-state index contributed by atoms with van der Waals surface area (Å²) in [7, 11) is -1.51. The van der Waals surface area contributed by atoms with E-state index >= 15 is 0 Å². The molecular weight excluding hydrogens is 383 g/mol. The molecule has 1 N–H and O–H groups in total. The molecule has 0 aliphatic heterocycles. The lowest BCUT2D eigenvalue weighted by Gasteiger charge is -2.07. The Balaban J connectivity index is 2.31. The molecule has 0 saturated heterocycles. The maximum absolute atomic E-state index is 13.4. The molecular formula is C14H9BrClFO3S. The summed E-state index contributed by atoms with van der Waals surface area (Å²) in [6.45, 7) is 0. The Morgan fingerprint density at radius 1 is 1.33 bits per heavy atom. The van der Waals surface area contributed by atoms with E-state index in [1.54, 1.807) is 6.07 Å². The Labute approximate surface area is 136 Å². The van der Waals surface area contributed by atoms with Crippen molar-refractivity contribution in [2.24, 2.45) is 0 Å². The normalized spacial score (nSPS) is 12.1. The summed E-state index contributed by atoms with van der Waals surface area (Å²) in [6, 6.07) is 8.63. The van der Waals surface area contributed by atoms with Gasteiger partial charge in [-0.3, -0.25) is 4.21 Å². The lowest BCUT2D eigenvalue weighted by Crippen LogP contribution is -2.02. The van der Waals surface area contributed by atoms with E-state index in [0.29, 0.717) is 10.5 Å². The highest BCUT2D eigenvalue weighted by molar-refractivity contribution is 9.10. The Morgan fingerprint density at radius 3 is 2.71 bits per heavy atom. The van der Waals surface area contributed by atoms with Crippen molar-refractivity contribution >= 4 is 44.3 Å². The zero-order valence-electron chi connectivity index (χ0n) is 10.5. The van der Waals surface area contributed by atoms with Crippen molar-refractivity contribution in [3.8, 4) is 0 Å². The number of hydrogen-bond donors (Lipinski definition) is 1. The van der Waals surface area contributed by atoms with Gasteiger partial charge >= 0.3 is 5.97 Å². The zero-order valence-corrected chi connectivity index (χ0v) is 13.6. The molecule has 2 aromatic carbocycles. The minimum atomic E-state index is -1.51. The topological polar surface area (TPSA) is 54.4 Å². The fourth-order valence-electron chi connectivity index (χ4n) is 1.69. The monoisotopic (exact) mass is 390 g/mol. The summed E-state index contributed by atoms with van der Waals surface area (Å²) in [5.74, 6) is -1.56. The van der Waals surface area contributed by atoms with Gasteiger partial charge in [0.25, 0.3) is 0 Å². The smallest absolute Gasteiger partial charge is 0.337 e. The van der Waals surface area contributed by atoms with Crippen LogP contribution in [0.3, 0.4) is 0 Å². The number of aromatic carboxylic acids is 1. The molecule has 0 amide bonds. The zero-order chi connectivity index (χ0) is 15.6. The predicted molar refractivity (Wildman–Crippen MR) is 82.6 cm³/mol. The van der Waals surface area contributed by atoms with Crippen LogP contribution in [-0.2, 0) is 16.6 Å². The van der Waals surface area contributed by atoms with Crippen LogP contribution in [-0.4, -0.2) is 15.3 Å². The number of carboxylic acid groups (broad SMARTS) is 1. The van der Waals surface area contributed by atoms with Gasteiger partial charge in [-0.2, -0.15) is 0 Å². The molecule has 3 nitrogen and oxygen atoms in total. The Hall–Kier alpha value is -1.24. The van der Waals surface area contributed by atoms with E-state index in [1.165, 1.54) is 30.3 Å². The molecule has 21 heavy (non-hydrogen) atoms. The molecule has 0 radical (unpaired) electrons. The van der Waals surface area contributed by atoms with Crippen LogP contribution in [0.1, 0.15) is 15.9 Å². The minimum absolute atomic E-state index is 0.0685. The van der Waals surface area contributed by atoms with Gasteiger partial charge < -0.3 is 5.11 Å². The SMILES string of the molecule is O=C(O)c1cc(S(=O)Cc2cccc(F)c2Br)ccc1Cl. The summed E-state index contributed by atoms with van der Waals surface area (Å²) < 4.78 is 26.0. The summed E-state index contributed by atoms with van der Waals surface area (Å²) >= 11 is 8.87. The third-order valence-electron chi connectivity index (χ3n) is 2.75. The van der Waals surface area contributed by atoms with E-state index in [4.69, 9.17) is 16.7 Å². The number of hydrogen-bond acceptors (Lipinski definition) is 2. The first-order valence-corrected chi connectivity index (χ1v) is 8.23. The second kappa shape index (κ2) is 6.68. The standard InChI is InChI=1S/C14H9BrClFO3S/c15-13-8(2-1-3-12(13)17)7-21(20)9-4-5-11(16)10(6-9)14(18)19/h1-6H,7H2,(H,18,19). The van der Waals surface area contributed by atoms with Crippen LogP contribution in [0.2, 0.25) is 5.02 Å². The first-order chi connectivity index (χ1) is 9.90. The fourth-order valence-corrected chi connectivity index (χ4v) is 3.64. The highest BCUT2D eigenvalue weighted by atomic mass is 79.9. The van der Waals surface area contributed by atoms with Gasteiger partial charge in [-0.25, -0.2) is 9.18 Å². The van der Waals surface area contributed by atoms with Crippen molar-refractivity contribution in [1.82, 2.24) is 0 Å². The van der Waals surface area contributed by atoms with Crippen LogP contribution in [0.5, 0.6) is 0 Å². The number of carboxylic acids is 1. The van der Waals surface area contributed by atoms with Crippen LogP contribution >= 0.6 is 27.5 Å². The second-order valence-corrected chi connectivity index (χ2v) is 6.80. The quantitative estimate of drug-likeness (QED) is 0.848. The van der Waals surface area contributed by atoms with E-state index in [9.17, 15) is 13.4 Å². The summed E-state index contributed by atoms with van der Waals surface area (Å²) in [5, 5.41) is 9.08. The van der Waals surface area contributed by atoms with Crippen LogP contribution in [0, 0.1) is 5.82 Å².